The number of aromatic amines is 1. The van der Waals surface area contributed by atoms with Crippen LogP contribution in [0.25, 0.3) is 0 Å². The molecule has 0 atom stereocenters. The van der Waals surface area contributed by atoms with Gasteiger partial charge >= 0.3 is 5.97 Å². The Morgan fingerprint density at radius 3 is 2.94 bits per heavy atom. The van der Waals surface area contributed by atoms with Crippen LogP contribution in [0.5, 0.6) is 0 Å². The first-order valence-electron chi connectivity index (χ1n) is 5.11. The average Bonchev–Trinajstić information content (AvgIpc) is 2.88. The molecule has 0 bridgehead atoms. The van der Waals surface area contributed by atoms with Crippen molar-refractivity contribution in [1.82, 2.24) is 19.7 Å². The topological polar surface area (TPSA) is 113 Å². The summed E-state index contributed by atoms with van der Waals surface area (Å²) in [5.74, 6) is -1.47. The van der Waals surface area contributed by atoms with Crippen LogP contribution in [0.2, 0.25) is 0 Å². The number of aryl methyl sites for hydroxylation is 1. The van der Waals surface area contributed by atoms with Crippen LogP contribution >= 0.6 is 0 Å². The molecule has 0 unspecified atom stereocenters. The molecular formula is C10H11N5O3. The Balaban J connectivity index is 2.10. The number of carboxylic acid groups (broad SMARTS) is 1. The Hall–Kier alpha value is -2.64. The van der Waals surface area contributed by atoms with E-state index in [9.17, 15) is 9.59 Å². The van der Waals surface area contributed by atoms with Crippen LogP contribution in [0.3, 0.4) is 0 Å². The van der Waals surface area contributed by atoms with Gasteiger partial charge in [-0.2, -0.15) is 5.10 Å². The maximum atomic E-state index is 11.7. The zero-order valence-electron chi connectivity index (χ0n) is 9.54. The van der Waals surface area contributed by atoms with Crippen LogP contribution in [-0.4, -0.2) is 36.7 Å². The summed E-state index contributed by atoms with van der Waals surface area (Å²) in [5, 5.41) is 15.3. The van der Waals surface area contributed by atoms with Gasteiger partial charge in [0.25, 0.3) is 0 Å². The average molecular weight is 249 g/mol. The molecule has 2 aromatic heterocycles. The Bertz CT molecular complexity index is 572. The lowest BCUT2D eigenvalue weighted by Crippen LogP contribution is -2.20. The SMILES string of the molecule is Cc1[nH]cc(NC(=O)Cn2cncn2)c1C(=O)O. The van der Waals surface area contributed by atoms with Crippen molar-refractivity contribution < 1.29 is 14.7 Å². The van der Waals surface area contributed by atoms with E-state index in [1.54, 1.807) is 6.92 Å². The van der Waals surface area contributed by atoms with Gasteiger partial charge in [-0.3, -0.25) is 4.79 Å². The van der Waals surface area contributed by atoms with E-state index in [1.165, 1.54) is 23.5 Å². The van der Waals surface area contributed by atoms with Crippen LogP contribution in [0.15, 0.2) is 18.9 Å². The number of anilines is 1. The lowest BCUT2D eigenvalue weighted by molar-refractivity contribution is -0.116. The summed E-state index contributed by atoms with van der Waals surface area (Å²) in [5.41, 5.74) is 0.783. The fourth-order valence-electron chi connectivity index (χ4n) is 1.55. The van der Waals surface area contributed by atoms with Gasteiger partial charge in [0.1, 0.15) is 24.8 Å². The third kappa shape index (κ3) is 2.37. The lowest BCUT2D eigenvalue weighted by atomic mass is 10.2. The summed E-state index contributed by atoms with van der Waals surface area (Å²) in [6.07, 6.45) is 4.16. The van der Waals surface area contributed by atoms with Crippen molar-refractivity contribution in [2.24, 2.45) is 0 Å². The molecule has 1 amide bonds. The lowest BCUT2D eigenvalue weighted by Gasteiger charge is -2.04. The number of aromatic carboxylic acids is 1. The summed E-state index contributed by atoms with van der Waals surface area (Å²) in [4.78, 5) is 29.1. The molecule has 2 heterocycles. The molecule has 0 aliphatic heterocycles. The normalized spacial score (nSPS) is 10.3. The quantitative estimate of drug-likeness (QED) is 0.718. The summed E-state index contributed by atoms with van der Waals surface area (Å²) in [7, 11) is 0. The van der Waals surface area contributed by atoms with E-state index in [0.29, 0.717) is 5.69 Å². The highest BCUT2D eigenvalue weighted by atomic mass is 16.4. The first-order chi connectivity index (χ1) is 8.58. The zero-order chi connectivity index (χ0) is 13.1. The molecule has 0 fully saturated rings. The Morgan fingerprint density at radius 2 is 2.33 bits per heavy atom. The monoisotopic (exact) mass is 249 g/mol. The second kappa shape index (κ2) is 4.70. The minimum Gasteiger partial charge on any atom is -0.478 e. The predicted molar refractivity (Wildman–Crippen MR) is 61.1 cm³/mol. The van der Waals surface area contributed by atoms with Crippen molar-refractivity contribution >= 4 is 17.6 Å². The number of nitrogens with one attached hydrogen (secondary N) is 2. The molecule has 2 aromatic rings. The largest absolute Gasteiger partial charge is 0.478 e. The van der Waals surface area contributed by atoms with Crippen molar-refractivity contribution in [2.75, 3.05) is 5.32 Å². The second-order valence-electron chi connectivity index (χ2n) is 3.65. The van der Waals surface area contributed by atoms with E-state index in [0.717, 1.165) is 0 Å². The molecule has 0 radical (unpaired) electrons. The number of rotatable bonds is 4. The van der Waals surface area contributed by atoms with Gasteiger partial charge in [-0.25, -0.2) is 14.5 Å². The molecule has 0 aliphatic rings. The number of aromatic nitrogens is 4. The first kappa shape index (κ1) is 11.8. The smallest absolute Gasteiger partial charge is 0.339 e. The maximum absolute atomic E-state index is 11.7. The number of carbonyl (C=O) groups excluding carboxylic acids is 1. The number of nitrogens with zero attached hydrogens (tertiary/aromatic N) is 3. The summed E-state index contributed by atoms with van der Waals surface area (Å²) < 4.78 is 1.34. The molecule has 0 spiro atoms. The highest BCUT2D eigenvalue weighted by Crippen LogP contribution is 2.18. The molecule has 8 nitrogen and oxygen atoms in total. The second-order valence-corrected chi connectivity index (χ2v) is 3.65. The van der Waals surface area contributed by atoms with Gasteiger partial charge in [0.2, 0.25) is 5.91 Å². The minimum atomic E-state index is -1.09. The third-order valence-corrected chi connectivity index (χ3v) is 2.34. The van der Waals surface area contributed by atoms with Crippen LogP contribution in [0, 0.1) is 6.92 Å². The predicted octanol–water partition coefficient (Wildman–Crippen LogP) is 0.252. The molecule has 0 aromatic carbocycles. The molecule has 3 N–H and O–H groups in total. The van der Waals surface area contributed by atoms with Gasteiger partial charge in [-0.05, 0) is 6.92 Å². The van der Waals surface area contributed by atoms with E-state index < -0.39 is 5.97 Å². The highest BCUT2D eigenvalue weighted by molar-refractivity contribution is 6.01. The first-order valence-corrected chi connectivity index (χ1v) is 5.11. The molecule has 18 heavy (non-hydrogen) atoms. The Labute approximate surface area is 102 Å². The number of H-pyrrole nitrogens is 1. The van der Waals surface area contributed by atoms with Gasteiger partial charge in [-0.15, -0.1) is 0 Å². The third-order valence-electron chi connectivity index (χ3n) is 2.34. The molecule has 2 rings (SSSR count). The molecule has 8 heteroatoms. The van der Waals surface area contributed by atoms with Crippen molar-refractivity contribution in [3.63, 3.8) is 0 Å². The van der Waals surface area contributed by atoms with E-state index in [-0.39, 0.29) is 23.7 Å². The van der Waals surface area contributed by atoms with Crippen molar-refractivity contribution in [2.45, 2.75) is 13.5 Å². The number of hydrogen-bond acceptors (Lipinski definition) is 4. The van der Waals surface area contributed by atoms with E-state index in [4.69, 9.17) is 5.11 Å². The van der Waals surface area contributed by atoms with Crippen LogP contribution < -0.4 is 5.32 Å². The minimum absolute atomic E-state index is 0.0245. The summed E-state index contributed by atoms with van der Waals surface area (Å²) in [6, 6.07) is 0. The fraction of sp³-hybridized carbons (Fsp3) is 0.200. The van der Waals surface area contributed by atoms with E-state index in [2.05, 4.69) is 20.4 Å². The van der Waals surface area contributed by atoms with Crippen molar-refractivity contribution in [3.05, 3.63) is 30.1 Å². The van der Waals surface area contributed by atoms with Gasteiger partial charge in [0, 0.05) is 11.9 Å². The van der Waals surface area contributed by atoms with E-state index in [1.807, 2.05) is 0 Å². The molecule has 0 saturated carbocycles. The highest BCUT2D eigenvalue weighted by Gasteiger charge is 2.17. The fourth-order valence-corrected chi connectivity index (χ4v) is 1.55. The Kier molecular flexibility index (Phi) is 3.09. The van der Waals surface area contributed by atoms with Gasteiger partial charge < -0.3 is 15.4 Å². The number of carboxylic acids is 1. The Morgan fingerprint density at radius 1 is 1.56 bits per heavy atom. The maximum Gasteiger partial charge on any atom is 0.339 e. The van der Waals surface area contributed by atoms with E-state index >= 15 is 0 Å². The molecule has 94 valence electrons. The molecular weight excluding hydrogens is 238 g/mol. The van der Waals surface area contributed by atoms with Crippen molar-refractivity contribution in [1.29, 1.82) is 0 Å². The molecule has 0 saturated heterocycles. The standard InChI is InChI=1S/C10H11N5O3/c1-6-9(10(17)18)7(2-12-6)14-8(16)3-15-5-11-4-13-15/h2,4-5,12H,3H2,1H3,(H,14,16)(H,17,18). The van der Waals surface area contributed by atoms with Crippen molar-refractivity contribution in [3.8, 4) is 0 Å². The van der Waals surface area contributed by atoms with Crippen LogP contribution in [0.1, 0.15) is 16.1 Å². The van der Waals surface area contributed by atoms with Gasteiger partial charge in [-0.1, -0.05) is 0 Å². The molecule has 0 aliphatic carbocycles. The van der Waals surface area contributed by atoms with Crippen LogP contribution in [-0.2, 0) is 11.3 Å². The van der Waals surface area contributed by atoms with Gasteiger partial charge in [0.15, 0.2) is 0 Å². The number of amides is 1. The van der Waals surface area contributed by atoms with Gasteiger partial charge in [0.05, 0.1) is 5.69 Å². The zero-order valence-corrected chi connectivity index (χ0v) is 9.54. The number of carbonyl (C=O) groups is 2. The van der Waals surface area contributed by atoms with Crippen LogP contribution in [0.4, 0.5) is 5.69 Å². The summed E-state index contributed by atoms with van der Waals surface area (Å²) >= 11 is 0. The summed E-state index contributed by atoms with van der Waals surface area (Å²) in [6.45, 7) is 1.60. The number of hydrogen-bond donors (Lipinski definition) is 3.